The first-order valence-corrected chi connectivity index (χ1v) is 3.55. The second kappa shape index (κ2) is 4.98. The van der Waals surface area contributed by atoms with Gasteiger partial charge >= 0.3 is 0 Å². The first-order chi connectivity index (χ1) is 4.72. The minimum Gasteiger partial charge on any atom is -0.295 e. The fourth-order valence-electron chi connectivity index (χ4n) is 0.697. The molecule has 0 aliphatic carbocycles. The van der Waals surface area contributed by atoms with Crippen molar-refractivity contribution in [3.05, 3.63) is 23.8 Å². The monoisotopic (exact) mass is 138 g/mol. The molecule has 0 fully saturated rings. The molecule has 0 atom stereocenters. The Morgan fingerprint density at radius 1 is 1.50 bits per heavy atom. The van der Waals surface area contributed by atoms with Crippen molar-refractivity contribution in [2.75, 3.05) is 0 Å². The number of allylic oxidation sites excluding steroid dienone is 4. The summed E-state index contributed by atoms with van der Waals surface area (Å²) in [5, 5.41) is 0. The van der Waals surface area contributed by atoms with E-state index < -0.39 is 0 Å². The predicted octanol–water partition coefficient (Wildman–Crippen LogP) is 2.49. The zero-order valence-electron chi connectivity index (χ0n) is 6.85. The Morgan fingerprint density at radius 2 is 2.10 bits per heavy atom. The van der Waals surface area contributed by atoms with Gasteiger partial charge in [-0.1, -0.05) is 25.2 Å². The van der Waals surface area contributed by atoms with Crippen LogP contribution in [0.1, 0.15) is 27.2 Å². The predicted molar refractivity (Wildman–Crippen MR) is 43.9 cm³/mol. The molecule has 10 heavy (non-hydrogen) atoms. The third-order valence-electron chi connectivity index (χ3n) is 1.32. The number of ketones is 1. The molecule has 0 bridgehead atoms. The molecule has 0 aliphatic rings. The molecule has 1 heteroatoms. The summed E-state index contributed by atoms with van der Waals surface area (Å²) in [6, 6.07) is 0. The van der Waals surface area contributed by atoms with Crippen LogP contribution in [0.4, 0.5) is 0 Å². The number of hydrogen-bond acceptors (Lipinski definition) is 1. The fraction of sp³-hybridized carbons (Fsp3) is 0.444. The average Bonchev–Trinajstić information content (AvgIpc) is 1.89. The highest BCUT2D eigenvalue weighted by molar-refractivity contribution is 5.93. The smallest absolute Gasteiger partial charge is 0.155 e. The van der Waals surface area contributed by atoms with Crippen LogP contribution in [0, 0.1) is 0 Å². The molecule has 0 aliphatic heterocycles. The molecular formula is C9H14O. The minimum absolute atomic E-state index is 0.167. The molecule has 1 nitrogen and oxygen atoms in total. The van der Waals surface area contributed by atoms with E-state index in [1.807, 2.05) is 32.1 Å². The van der Waals surface area contributed by atoms with Crippen LogP contribution < -0.4 is 0 Å². The highest BCUT2D eigenvalue weighted by Crippen LogP contribution is 2.01. The minimum atomic E-state index is 0.167. The third-order valence-corrected chi connectivity index (χ3v) is 1.32. The molecule has 0 unspecified atom stereocenters. The summed E-state index contributed by atoms with van der Waals surface area (Å²) in [6.45, 7) is 5.51. The molecule has 0 radical (unpaired) electrons. The van der Waals surface area contributed by atoms with Crippen molar-refractivity contribution in [1.82, 2.24) is 0 Å². The van der Waals surface area contributed by atoms with Gasteiger partial charge in [0, 0.05) is 0 Å². The van der Waals surface area contributed by atoms with Crippen LogP contribution in [-0.4, -0.2) is 5.78 Å². The summed E-state index contributed by atoms with van der Waals surface area (Å²) in [4.78, 5) is 10.8. The Hall–Kier alpha value is -0.850. The van der Waals surface area contributed by atoms with Gasteiger partial charge in [0.1, 0.15) is 0 Å². The SMILES string of the molecule is CC=CC=C(CC)C(C)=O. The molecule has 0 saturated heterocycles. The van der Waals surface area contributed by atoms with Gasteiger partial charge in [0.2, 0.25) is 0 Å². The van der Waals surface area contributed by atoms with E-state index in [2.05, 4.69) is 0 Å². The molecule has 0 rings (SSSR count). The van der Waals surface area contributed by atoms with Crippen LogP contribution in [0.25, 0.3) is 0 Å². The summed E-state index contributed by atoms with van der Waals surface area (Å²) in [7, 11) is 0. The largest absolute Gasteiger partial charge is 0.295 e. The van der Waals surface area contributed by atoms with Crippen molar-refractivity contribution in [3.63, 3.8) is 0 Å². The van der Waals surface area contributed by atoms with E-state index >= 15 is 0 Å². The molecule has 0 aromatic heterocycles. The van der Waals surface area contributed by atoms with Crippen LogP contribution in [0.5, 0.6) is 0 Å². The Morgan fingerprint density at radius 3 is 2.40 bits per heavy atom. The standard InChI is InChI=1S/C9H14O/c1-4-6-7-9(5-2)8(3)10/h4,6-7H,5H2,1-3H3. The maximum atomic E-state index is 10.8. The van der Waals surface area contributed by atoms with Crippen LogP contribution in [0.15, 0.2) is 23.8 Å². The Bertz CT molecular complexity index is 164. The molecule has 0 amide bonds. The molecule has 0 aromatic carbocycles. The van der Waals surface area contributed by atoms with Gasteiger partial charge in [-0.3, -0.25) is 4.79 Å². The summed E-state index contributed by atoms with van der Waals surface area (Å²) in [6.07, 6.45) is 6.49. The highest BCUT2D eigenvalue weighted by atomic mass is 16.1. The lowest BCUT2D eigenvalue weighted by Crippen LogP contribution is -1.93. The number of rotatable bonds is 3. The van der Waals surface area contributed by atoms with E-state index in [1.165, 1.54) is 0 Å². The summed E-state index contributed by atoms with van der Waals surface area (Å²) in [5.41, 5.74) is 0.887. The van der Waals surface area contributed by atoms with Crippen LogP contribution in [0.3, 0.4) is 0 Å². The summed E-state index contributed by atoms with van der Waals surface area (Å²) in [5.74, 6) is 0.167. The van der Waals surface area contributed by atoms with Gasteiger partial charge in [0.05, 0.1) is 0 Å². The van der Waals surface area contributed by atoms with E-state index in [9.17, 15) is 4.79 Å². The van der Waals surface area contributed by atoms with E-state index in [0.29, 0.717) is 0 Å². The zero-order chi connectivity index (χ0) is 7.98. The van der Waals surface area contributed by atoms with Gasteiger partial charge in [-0.05, 0) is 25.8 Å². The zero-order valence-corrected chi connectivity index (χ0v) is 6.85. The molecule has 0 spiro atoms. The van der Waals surface area contributed by atoms with Gasteiger partial charge in [-0.15, -0.1) is 0 Å². The van der Waals surface area contributed by atoms with Crippen LogP contribution in [-0.2, 0) is 4.79 Å². The van der Waals surface area contributed by atoms with Gasteiger partial charge in [-0.2, -0.15) is 0 Å². The Labute approximate surface area is 62.4 Å². The maximum absolute atomic E-state index is 10.8. The van der Waals surface area contributed by atoms with Crippen LogP contribution >= 0.6 is 0 Å². The Balaban J connectivity index is 4.18. The van der Waals surface area contributed by atoms with Crippen molar-refractivity contribution in [2.45, 2.75) is 27.2 Å². The van der Waals surface area contributed by atoms with Gasteiger partial charge in [0.15, 0.2) is 5.78 Å². The molecule has 0 saturated carbocycles. The molecule has 56 valence electrons. The summed E-state index contributed by atoms with van der Waals surface area (Å²) >= 11 is 0. The van der Waals surface area contributed by atoms with Gasteiger partial charge in [-0.25, -0.2) is 0 Å². The van der Waals surface area contributed by atoms with Crippen molar-refractivity contribution < 1.29 is 4.79 Å². The van der Waals surface area contributed by atoms with E-state index in [-0.39, 0.29) is 5.78 Å². The van der Waals surface area contributed by atoms with Crippen molar-refractivity contribution in [3.8, 4) is 0 Å². The first kappa shape index (κ1) is 9.15. The van der Waals surface area contributed by atoms with E-state index in [4.69, 9.17) is 0 Å². The number of carbonyl (C=O) groups is 1. The number of Topliss-reactive ketones (excluding diaryl/α,β-unsaturated/α-hetero) is 1. The molecule has 0 heterocycles. The molecular weight excluding hydrogens is 124 g/mol. The van der Waals surface area contributed by atoms with E-state index in [0.717, 1.165) is 12.0 Å². The normalized spacial score (nSPS) is 12.5. The maximum Gasteiger partial charge on any atom is 0.155 e. The third kappa shape index (κ3) is 3.23. The summed E-state index contributed by atoms with van der Waals surface area (Å²) < 4.78 is 0. The average molecular weight is 138 g/mol. The molecule has 0 aromatic rings. The van der Waals surface area contributed by atoms with Gasteiger partial charge in [0.25, 0.3) is 0 Å². The Kier molecular flexibility index (Phi) is 4.55. The second-order valence-electron chi connectivity index (χ2n) is 2.13. The lowest BCUT2D eigenvalue weighted by atomic mass is 10.1. The van der Waals surface area contributed by atoms with Crippen molar-refractivity contribution in [2.24, 2.45) is 0 Å². The molecule has 0 N–H and O–H groups in total. The lowest BCUT2D eigenvalue weighted by molar-refractivity contribution is -0.113. The number of carbonyl (C=O) groups excluding carboxylic acids is 1. The first-order valence-electron chi connectivity index (χ1n) is 3.55. The highest BCUT2D eigenvalue weighted by Gasteiger charge is 1.96. The second-order valence-corrected chi connectivity index (χ2v) is 2.13. The van der Waals surface area contributed by atoms with Gasteiger partial charge < -0.3 is 0 Å². The van der Waals surface area contributed by atoms with Crippen molar-refractivity contribution in [1.29, 1.82) is 0 Å². The van der Waals surface area contributed by atoms with Crippen molar-refractivity contribution >= 4 is 5.78 Å². The topological polar surface area (TPSA) is 17.1 Å². The van der Waals surface area contributed by atoms with Crippen LogP contribution in [0.2, 0.25) is 0 Å². The van der Waals surface area contributed by atoms with E-state index in [1.54, 1.807) is 6.92 Å². The number of hydrogen-bond donors (Lipinski definition) is 0. The lowest BCUT2D eigenvalue weighted by Gasteiger charge is -1.93. The fourth-order valence-corrected chi connectivity index (χ4v) is 0.697. The quantitative estimate of drug-likeness (QED) is 0.432.